The predicted octanol–water partition coefficient (Wildman–Crippen LogP) is 3.69. The van der Waals surface area contributed by atoms with Crippen LogP contribution in [0.15, 0.2) is 36.4 Å². The zero-order chi connectivity index (χ0) is 19.5. The molecular formula is C22H27FN4O. The molecule has 2 aromatic carbocycles. The number of aromatic nitrogens is 2. The van der Waals surface area contributed by atoms with Gasteiger partial charge in [0, 0.05) is 38.3 Å². The number of hydrogen-bond acceptors (Lipinski definition) is 4. The van der Waals surface area contributed by atoms with Crippen LogP contribution in [0.4, 0.5) is 4.39 Å². The van der Waals surface area contributed by atoms with Crippen LogP contribution in [0.3, 0.4) is 0 Å². The first-order valence-corrected chi connectivity index (χ1v) is 9.89. The fraction of sp³-hybridized carbons (Fsp3) is 0.409. The molecule has 0 saturated carbocycles. The van der Waals surface area contributed by atoms with E-state index in [4.69, 9.17) is 4.74 Å². The van der Waals surface area contributed by atoms with Crippen molar-refractivity contribution in [1.29, 1.82) is 0 Å². The number of ether oxygens (including phenoxy) is 1. The SMILES string of the molecule is Cc1cccc2[nH]c(-c3ccc(OCCCN4CCN(C)CC4)c(F)c3)nc12. The Hall–Kier alpha value is -2.44. The molecule has 1 fully saturated rings. The van der Waals surface area contributed by atoms with E-state index >= 15 is 0 Å². The van der Waals surface area contributed by atoms with Crippen molar-refractivity contribution in [2.24, 2.45) is 0 Å². The molecule has 1 saturated heterocycles. The van der Waals surface area contributed by atoms with Crippen LogP contribution in [-0.2, 0) is 0 Å². The first kappa shape index (κ1) is 18.9. The van der Waals surface area contributed by atoms with E-state index in [2.05, 4.69) is 26.8 Å². The molecule has 4 rings (SSSR count). The maximum Gasteiger partial charge on any atom is 0.165 e. The standard InChI is InChI=1S/C22H27FN4O/c1-16-5-3-6-19-21(16)25-22(24-19)17-7-8-20(18(23)15-17)28-14-4-9-27-12-10-26(2)11-13-27/h3,5-8,15H,4,9-14H2,1-2H3,(H,24,25). The van der Waals surface area contributed by atoms with Gasteiger partial charge in [0.05, 0.1) is 17.6 Å². The topological polar surface area (TPSA) is 44.4 Å². The fourth-order valence-corrected chi connectivity index (χ4v) is 3.62. The van der Waals surface area contributed by atoms with Gasteiger partial charge in [-0.1, -0.05) is 12.1 Å². The summed E-state index contributed by atoms with van der Waals surface area (Å²) in [6.45, 7) is 7.94. The van der Waals surface area contributed by atoms with E-state index in [9.17, 15) is 4.39 Å². The number of benzene rings is 2. The largest absolute Gasteiger partial charge is 0.490 e. The van der Waals surface area contributed by atoms with Gasteiger partial charge in [-0.2, -0.15) is 0 Å². The Morgan fingerprint density at radius 3 is 2.71 bits per heavy atom. The number of rotatable bonds is 6. The lowest BCUT2D eigenvalue weighted by Gasteiger charge is -2.32. The van der Waals surface area contributed by atoms with Crippen LogP contribution in [0.5, 0.6) is 5.75 Å². The second-order valence-corrected chi connectivity index (χ2v) is 7.55. The molecule has 0 amide bonds. The zero-order valence-corrected chi connectivity index (χ0v) is 16.5. The Balaban J connectivity index is 1.35. The van der Waals surface area contributed by atoms with E-state index < -0.39 is 0 Å². The molecule has 28 heavy (non-hydrogen) atoms. The molecule has 0 aliphatic carbocycles. The Kier molecular flexibility index (Phi) is 5.59. The number of aromatic amines is 1. The number of piperazine rings is 1. The average molecular weight is 382 g/mol. The molecule has 1 N–H and O–H groups in total. The third-order valence-electron chi connectivity index (χ3n) is 5.39. The van der Waals surface area contributed by atoms with Crippen LogP contribution in [-0.4, -0.2) is 66.1 Å². The third-order valence-corrected chi connectivity index (χ3v) is 5.39. The van der Waals surface area contributed by atoms with E-state index in [1.54, 1.807) is 6.07 Å². The molecule has 0 atom stereocenters. The number of nitrogens with zero attached hydrogens (tertiary/aromatic N) is 3. The van der Waals surface area contributed by atoms with Crippen molar-refractivity contribution in [1.82, 2.24) is 19.8 Å². The van der Waals surface area contributed by atoms with Crippen LogP contribution in [0.2, 0.25) is 0 Å². The maximum absolute atomic E-state index is 14.5. The number of halogens is 1. The summed E-state index contributed by atoms with van der Waals surface area (Å²) in [4.78, 5) is 12.7. The Morgan fingerprint density at radius 1 is 1.14 bits per heavy atom. The highest BCUT2D eigenvalue weighted by Crippen LogP contribution is 2.26. The lowest BCUT2D eigenvalue weighted by atomic mass is 10.2. The molecule has 0 radical (unpaired) electrons. The van der Waals surface area contributed by atoms with Gasteiger partial charge >= 0.3 is 0 Å². The van der Waals surface area contributed by atoms with Gasteiger partial charge in [0.15, 0.2) is 11.6 Å². The van der Waals surface area contributed by atoms with Crippen LogP contribution < -0.4 is 4.74 Å². The molecule has 6 heteroatoms. The summed E-state index contributed by atoms with van der Waals surface area (Å²) >= 11 is 0. The van der Waals surface area contributed by atoms with E-state index in [-0.39, 0.29) is 5.82 Å². The minimum absolute atomic E-state index is 0.300. The number of nitrogens with one attached hydrogen (secondary N) is 1. The second-order valence-electron chi connectivity index (χ2n) is 7.55. The lowest BCUT2D eigenvalue weighted by molar-refractivity contribution is 0.145. The van der Waals surface area contributed by atoms with Gasteiger partial charge in [-0.25, -0.2) is 9.37 Å². The van der Waals surface area contributed by atoms with Gasteiger partial charge < -0.3 is 19.5 Å². The monoisotopic (exact) mass is 382 g/mol. The highest BCUT2D eigenvalue weighted by molar-refractivity contribution is 5.82. The van der Waals surface area contributed by atoms with Crippen LogP contribution in [0.1, 0.15) is 12.0 Å². The fourth-order valence-electron chi connectivity index (χ4n) is 3.62. The number of aryl methyl sites for hydroxylation is 1. The van der Waals surface area contributed by atoms with Crippen molar-refractivity contribution in [3.63, 3.8) is 0 Å². The second kappa shape index (κ2) is 8.29. The van der Waals surface area contributed by atoms with Crippen molar-refractivity contribution in [3.05, 3.63) is 47.8 Å². The van der Waals surface area contributed by atoms with Gasteiger partial charge in [0.25, 0.3) is 0 Å². The Morgan fingerprint density at radius 2 is 1.96 bits per heavy atom. The van der Waals surface area contributed by atoms with Crippen molar-refractivity contribution in [3.8, 4) is 17.1 Å². The van der Waals surface area contributed by atoms with E-state index in [0.717, 1.165) is 61.3 Å². The summed E-state index contributed by atoms with van der Waals surface area (Å²) in [7, 11) is 2.15. The smallest absolute Gasteiger partial charge is 0.165 e. The lowest BCUT2D eigenvalue weighted by Crippen LogP contribution is -2.44. The number of para-hydroxylation sites is 1. The number of fused-ring (bicyclic) bond motifs is 1. The van der Waals surface area contributed by atoms with Crippen molar-refractivity contribution >= 4 is 11.0 Å². The van der Waals surface area contributed by atoms with Crippen LogP contribution in [0, 0.1) is 12.7 Å². The van der Waals surface area contributed by atoms with Gasteiger partial charge in [0.2, 0.25) is 0 Å². The van der Waals surface area contributed by atoms with Gasteiger partial charge in [-0.05, 0) is 50.2 Å². The van der Waals surface area contributed by atoms with E-state index in [1.807, 2.05) is 31.2 Å². The van der Waals surface area contributed by atoms with Crippen LogP contribution >= 0.6 is 0 Å². The third kappa shape index (κ3) is 4.18. The first-order valence-electron chi connectivity index (χ1n) is 9.89. The molecule has 0 unspecified atom stereocenters. The van der Waals surface area contributed by atoms with Gasteiger partial charge in [0.1, 0.15) is 5.82 Å². The maximum atomic E-state index is 14.5. The zero-order valence-electron chi connectivity index (χ0n) is 16.5. The highest BCUT2D eigenvalue weighted by atomic mass is 19.1. The molecule has 0 spiro atoms. The molecule has 1 aromatic heterocycles. The first-order chi connectivity index (χ1) is 13.6. The molecule has 148 valence electrons. The van der Waals surface area contributed by atoms with Crippen molar-refractivity contribution < 1.29 is 9.13 Å². The minimum atomic E-state index is -0.353. The summed E-state index contributed by atoms with van der Waals surface area (Å²) < 4.78 is 20.2. The Labute approximate surface area is 165 Å². The number of H-pyrrole nitrogens is 1. The summed E-state index contributed by atoms with van der Waals surface area (Å²) in [6, 6.07) is 11.0. The number of hydrogen-bond donors (Lipinski definition) is 1. The minimum Gasteiger partial charge on any atom is -0.490 e. The number of likely N-dealkylation sites (N-methyl/N-ethyl adjacent to an activating group) is 1. The molecule has 3 aromatic rings. The summed E-state index contributed by atoms with van der Waals surface area (Å²) in [5.41, 5.74) is 3.69. The molecule has 1 aliphatic rings. The predicted molar refractivity (Wildman–Crippen MR) is 110 cm³/mol. The van der Waals surface area contributed by atoms with E-state index in [0.29, 0.717) is 18.2 Å². The molecular weight excluding hydrogens is 355 g/mol. The quantitative estimate of drug-likeness (QED) is 0.661. The van der Waals surface area contributed by atoms with Gasteiger partial charge in [-0.15, -0.1) is 0 Å². The summed E-state index contributed by atoms with van der Waals surface area (Å²) in [5, 5.41) is 0. The number of imidazole rings is 1. The van der Waals surface area contributed by atoms with Crippen molar-refractivity contribution in [2.75, 3.05) is 46.4 Å². The van der Waals surface area contributed by atoms with Crippen molar-refractivity contribution in [2.45, 2.75) is 13.3 Å². The molecule has 1 aliphatic heterocycles. The summed E-state index contributed by atoms with van der Waals surface area (Å²) in [6.07, 6.45) is 0.897. The summed E-state index contributed by atoms with van der Waals surface area (Å²) in [5.74, 6) is 0.619. The average Bonchev–Trinajstić information content (AvgIpc) is 3.13. The molecule has 0 bridgehead atoms. The van der Waals surface area contributed by atoms with Gasteiger partial charge in [-0.3, -0.25) is 0 Å². The van der Waals surface area contributed by atoms with Crippen LogP contribution in [0.25, 0.3) is 22.4 Å². The normalized spacial score (nSPS) is 16.0. The Bertz CT molecular complexity index is 947. The van der Waals surface area contributed by atoms with E-state index in [1.165, 1.54) is 6.07 Å². The molecule has 5 nitrogen and oxygen atoms in total. The highest BCUT2D eigenvalue weighted by Gasteiger charge is 2.14. The molecule has 2 heterocycles.